The molecule has 1 saturated heterocycles. The highest BCUT2D eigenvalue weighted by molar-refractivity contribution is 8.26. The second-order valence-electron chi connectivity index (χ2n) is 4.83. The highest BCUT2D eigenvalue weighted by atomic mass is 32.2. The van der Waals surface area contributed by atoms with E-state index in [2.05, 4.69) is 0 Å². The Balaban J connectivity index is 2.23. The number of aliphatic carboxylic acids is 1. The summed E-state index contributed by atoms with van der Waals surface area (Å²) in [6.45, 7) is -0.769. The standard InChI is InChI=1S/C15H14N2O6S2/c1-22-10-4-8(2-3-9(10)23-7-12(16)18)5-11-14(21)17(6-13(19)20)15(24)25-11/h2-5H,6-7H2,1H3,(H2,16,18)(H,19,20)/b11-5+. The summed E-state index contributed by atoms with van der Waals surface area (Å²) >= 11 is 6.06. The number of thiocarbonyl (C=S) groups is 1. The molecule has 1 heterocycles. The Morgan fingerprint density at radius 3 is 2.72 bits per heavy atom. The summed E-state index contributed by atoms with van der Waals surface area (Å²) in [5.41, 5.74) is 5.66. The first-order valence-electron chi connectivity index (χ1n) is 6.88. The molecule has 1 aliphatic heterocycles. The predicted molar refractivity (Wildman–Crippen MR) is 95.2 cm³/mol. The zero-order chi connectivity index (χ0) is 18.6. The number of primary amides is 1. The molecule has 0 aromatic heterocycles. The molecule has 0 unspecified atom stereocenters. The molecule has 0 atom stereocenters. The van der Waals surface area contributed by atoms with Crippen LogP contribution in [0.2, 0.25) is 0 Å². The fourth-order valence-corrected chi connectivity index (χ4v) is 3.22. The van der Waals surface area contributed by atoms with Crippen LogP contribution < -0.4 is 15.2 Å². The van der Waals surface area contributed by atoms with Crippen molar-refractivity contribution in [2.45, 2.75) is 0 Å². The Kier molecular flexibility index (Phi) is 5.99. The number of nitrogens with two attached hydrogens (primary N) is 1. The molecule has 1 aromatic rings. The number of thioether (sulfide) groups is 1. The first-order valence-corrected chi connectivity index (χ1v) is 8.10. The van der Waals surface area contributed by atoms with Gasteiger partial charge in [0.2, 0.25) is 0 Å². The van der Waals surface area contributed by atoms with Crippen molar-refractivity contribution in [3.63, 3.8) is 0 Å². The van der Waals surface area contributed by atoms with Crippen molar-refractivity contribution < 1.29 is 29.0 Å². The maximum atomic E-state index is 12.2. The number of methoxy groups -OCH3 is 1. The van der Waals surface area contributed by atoms with E-state index >= 15 is 0 Å². The van der Waals surface area contributed by atoms with E-state index in [1.165, 1.54) is 7.11 Å². The summed E-state index contributed by atoms with van der Waals surface area (Å²) in [7, 11) is 1.43. The lowest BCUT2D eigenvalue weighted by atomic mass is 10.2. The first-order chi connectivity index (χ1) is 11.8. The molecule has 0 aliphatic carbocycles. The van der Waals surface area contributed by atoms with E-state index in [0.29, 0.717) is 22.0 Å². The van der Waals surface area contributed by atoms with Gasteiger partial charge in [0.25, 0.3) is 11.8 Å². The van der Waals surface area contributed by atoms with Gasteiger partial charge in [0.15, 0.2) is 18.1 Å². The van der Waals surface area contributed by atoms with Crippen LogP contribution in [0.4, 0.5) is 0 Å². The molecule has 0 bridgehead atoms. The van der Waals surface area contributed by atoms with Crippen LogP contribution in [-0.4, -0.2) is 52.4 Å². The normalized spacial score (nSPS) is 15.6. The summed E-state index contributed by atoms with van der Waals surface area (Å²) in [5, 5.41) is 8.83. The van der Waals surface area contributed by atoms with Crippen molar-refractivity contribution >= 4 is 52.2 Å². The minimum atomic E-state index is -1.14. The fourth-order valence-electron chi connectivity index (χ4n) is 1.97. The average Bonchev–Trinajstić information content (AvgIpc) is 2.80. The second kappa shape index (κ2) is 7.99. The third-order valence-corrected chi connectivity index (χ3v) is 4.40. The SMILES string of the molecule is COc1cc(/C=C2/SC(=S)N(CC(=O)O)C2=O)ccc1OCC(N)=O. The van der Waals surface area contributed by atoms with Crippen molar-refractivity contribution in [2.75, 3.05) is 20.3 Å². The summed E-state index contributed by atoms with van der Waals surface area (Å²) in [5.74, 6) is -1.54. The minimum Gasteiger partial charge on any atom is -0.493 e. The maximum absolute atomic E-state index is 12.2. The molecule has 0 spiro atoms. The number of carboxylic acid groups (broad SMARTS) is 1. The Morgan fingerprint density at radius 1 is 1.40 bits per heavy atom. The number of benzene rings is 1. The molecule has 132 valence electrons. The highest BCUT2D eigenvalue weighted by Gasteiger charge is 2.33. The second-order valence-corrected chi connectivity index (χ2v) is 6.50. The molecule has 2 rings (SSSR count). The van der Waals surface area contributed by atoms with Gasteiger partial charge in [0.05, 0.1) is 12.0 Å². The third kappa shape index (κ3) is 4.70. The summed E-state index contributed by atoms with van der Waals surface area (Å²) < 4.78 is 10.6. The smallest absolute Gasteiger partial charge is 0.323 e. The number of carbonyl (C=O) groups excluding carboxylic acids is 2. The highest BCUT2D eigenvalue weighted by Crippen LogP contribution is 2.34. The lowest BCUT2D eigenvalue weighted by molar-refractivity contribution is -0.140. The number of amides is 2. The molecule has 3 N–H and O–H groups in total. The van der Waals surface area contributed by atoms with E-state index in [4.69, 9.17) is 32.5 Å². The van der Waals surface area contributed by atoms with Gasteiger partial charge in [-0.15, -0.1) is 0 Å². The molecule has 1 fully saturated rings. The zero-order valence-corrected chi connectivity index (χ0v) is 14.7. The molecule has 10 heteroatoms. The first kappa shape index (κ1) is 18.7. The van der Waals surface area contributed by atoms with Crippen LogP contribution in [0.3, 0.4) is 0 Å². The van der Waals surface area contributed by atoms with Gasteiger partial charge in [0, 0.05) is 0 Å². The van der Waals surface area contributed by atoms with Crippen molar-refractivity contribution in [1.82, 2.24) is 4.90 Å². The molecule has 0 saturated carbocycles. The molecule has 25 heavy (non-hydrogen) atoms. The Labute approximate surface area is 152 Å². The van der Waals surface area contributed by atoms with Gasteiger partial charge < -0.3 is 20.3 Å². The quantitative estimate of drug-likeness (QED) is 0.526. The van der Waals surface area contributed by atoms with E-state index in [0.717, 1.165) is 16.7 Å². The van der Waals surface area contributed by atoms with Gasteiger partial charge in [0.1, 0.15) is 10.9 Å². The van der Waals surface area contributed by atoms with E-state index in [9.17, 15) is 14.4 Å². The van der Waals surface area contributed by atoms with Gasteiger partial charge >= 0.3 is 5.97 Å². The van der Waals surface area contributed by atoms with Gasteiger partial charge in [-0.3, -0.25) is 19.3 Å². The van der Waals surface area contributed by atoms with Crippen molar-refractivity contribution in [2.24, 2.45) is 5.73 Å². The number of ether oxygens (including phenoxy) is 2. The van der Waals surface area contributed by atoms with Gasteiger partial charge in [-0.05, 0) is 23.8 Å². The average molecular weight is 382 g/mol. The van der Waals surface area contributed by atoms with Crippen molar-refractivity contribution in [1.29, 1.82) is 0 Å². The number of nitrogens with zero attached hydrogens (tertiary/aromatic N) is 1. The van der Waals surface area contributed by atoms with Crippen molar-refractivity contribution in [3.8, 4) is 11.5 Å². The minimum absolute atomic E-state index is 0.187. The Hall–Kier alpha value is -2.59. The summed E-state index contributed by atoms with van der Waals surface area (Å²) in [6.07, 6.45) is 1.57. The van der Waals surface area contributed by atoms with Gasteiger partial charge in [-0.2, -0.15) is 0 Å². The lowest BCUT2D eigenvalue weighted by Crippen LogP contribution is -2.33. The van der Waals surface area contributed by atoms with E-state index < -0.39 is 24.3 Å². The molecular weight excluding hydrogens is 368 g/mol. The van der Waals surface area contributed by atoms with E-state index in [1.807, 2.05) is 0 Å². The lowest BCUT2D eigenvalue weighted by Gasteiger charge is -2.11. The molecule has 1 aromatic carbocycles. The number of rotatable bonds is 7. The van der Waals surface area contributed by atoms with Crippen LogP contribution in [0.5, 0.6) is 11.5 Å². The molecule has 0 radical (unpaired) electrons. The zero-order valence-electron chi connectivity index (χ0n) is 13.1. The monoisotopic (exact) mass is 382 g/mol. The van der Waals surface area contributed by atoms with Crippen LogP contribution in [0, 0.1) is 0 Å². The van der Waals surface area contributed by atoms with Crippen LogP contribution in [0.1, 0.15) is 5.56 Å². The van der Waals surface area contributed by atoms with Crippen LogP contribution >= 0.6 is 24.0 Å². The molecule has 8 nitrogen and oxygen atoms in total. The van der Waals surface area contributed by atoms with Crippen LogP contribution in [0.15, 0.2) is 23.1 Å². The van der Waals surface area contributed by atoms with Crippen LogP contribution in [0.25, 0.3) is 6.08 Å². The van der Waals surface area contributed by atoms with Gasteiger partial charge in [-0.1, -0.05) is 30.0 Å². The molecule has 2 amide bonds. The topological polar surface area (TPSA) is 119 Å². The number of hydrogen-bond acceptors (Lipinski definition) is 7. The Bertz CT molecular complexity index is 777. The fraction of sp³-hybridized carbons (Fsp3) is 0.200. The predicted octanol–water partition coefficient (Wildman–Crippen LogP) is 0.845. The van der Waals surface area contributed by atoms with Crippen LogP contribution in [-0.2, 0) is 14.4 Å². The number of hydrogen-bond donors (Lipinski definition) is 2. The van der Waals surface area contributed by atoms with Gasteiger partial charge in [-0.25, -0.2) is 0 Å². The number of carboxylic acids is 1. The third-order valence-electron chi connectivity index (χ3n) is 3.02. The largest absolute Gasteiger partial charge is 0.493 e. The number of carbonyl (C=O) groups is 3. The summed E-state index contributed by atoms with van der Waals surface area (Å²) in [6, 6.07) is 4.84. The Morgan fingerprint density at radius 2 is 2.12 bits per heavy atom. The molecule has 1 aliphatic rings. The maximum Gasteiger partial charge on any atom is 0.323 e. The van der Waals surface area contributed by atoms with E-state index in [-0.39, 0.29) is 10.9 Å². The summed E-state index contributed by atoms with van der Waals surface area (Å²) in [4.78, 5) is 35.1. The van der Waals surface area contributed by atoms with E-state index in [1.54, 1.807) is 24.3 Å². The van der Waals surface area contributed by atoms with Crippen molar-refractivity contribution in [3.05, 3.63) is 28.7 Å². The molecular formula is C15H14N2O6S2.